The topological polar surface area (TPSA) is 30.5 Å². The number of nitrogens with one attached hydrogen (secondary N) is 1. The zero-order valence-electron chi connectivity index (χ0n) is 9.00. The largest absolute Gasteiger partial charge is 0.487 e. The number of halogens is 1. The lowest BCUT2D eigenvalue weighted by molar-refractivity contribution is 0.0338. The number of rotatable bonds is 2. The zero-order chi connectivity index (χ0) is 11.0. The molecule has 2 atom stereocenters. The molecule has 0 fully saturated rings. The van der Waals surface area contributed by atoms with Crippen molar-refractivity contribution in [1.29, 1.82) is 0 Å². The minimum atomic E-state index is 0.0264. The monoisotopic (exact) mass is 227 g/mol. The molecule has 1 aliphatic rings. The van der Waals surface area contributed by atoms with E-state index >= 15 is 0 Å². The Kier molecular flexibility index (Phi) is 2.87. The number of hydrogen-bond donors (Lipinski definition) is 1. The van der Waals surface area contributed by atoms with Crippen molar-refractivity contribution in [2.75, 3.05) is 7.11 Å². The smallest absolute Gasteiger partial charge is 0.143 e. The van der Waals surface area contributed by atoms with Crippen LogP contribution in [0.15, 0.2) is 12.1 Å². The SMILES string of the molecule is CONC1c2c(C)ccc(Cl)c2OC1C. The van der Waals surface area contributed by atoms with E-state index in [1.54, 1.807) is 7.11 Å². The van der Waals surface area contributed by atoms with Gasteiger partial charge in [-0.15, -0.1) is 0 Å². The van der Waals surface area contributed by atoms with Crippen molar-refractivity contribution < 1.29 is 9.57 Å². The molecule has 1 aromatic rings. The first kappa shape index (κ1) is 10.7. The number of ether oxygens (including phenoxy) is 1. The van der Waals surface area contributed by atoms with Crippen LogP contribution in [0.2, 0.25) is 5.02 Å². The van der Waals surface area contributed by atoms with Crippen molar-refractivity contribution in [3.05, 3.63) is 28.3 Å². The Bertz CT molecular complexity index is 381. The Balaban J connectivity index is 2.47. The Morgan fingerprint density at radius 3 is 2.87 bits per heavy atom. The summed E-state index contributed by atoms with van der Waals surface area (Å²) in [5.74, 6) is 0.777. The molecule has 0 aromatic heterocycles. The van der Waals surface area contributed by atoms with Crippen LogP contribution in [0.4, 0.5) is 0 Å². The Labute approximate surface area is 94.3 Å². The van der Waals surface area contributed by atoms with Gasteiger partial charge in [-0.25, -0.2) is 0 Å². The van der Waals surface area contributed by atoms with Gasteiger partial charge in [-0.2, -0.15) is 5.48 Å². The number of benzene rings is 1. The van der Waals surface area contributed by atoms with E-state index in [-0.39, 0.29) is 12.1 Å². The molecule has 0 saturated heterocycles. The third kappa shape index (κ3) is 1.71. The van der Waals surface area contributed by atoms with Crippen LogP contribution in [0, 0.1) is 6.92 Å². The van der Waals surface area contributed by atoms with Crippen LogP contribution >= 0.6 is 11.6 Å². The van der Waals surface area contributed by atoms with Gasteiger partial charge < -0.3 is 9.57 Å². The molecule has 3 nitrogen and oxygen atoms in total. The molecule has 1 heterocycles. The van der Waals surface area contributed by atoms with Crippen molar-refractivity contribution >= 4 is 11.6 Å². The van der Waals surface area contributed by atoms with E-state index in [0.29, 0.717) is 5.02 Å². The first-order valence-electron chi connectivity index (χ1n) is 4.89. The van der Waals surface area contributed by atoms with Crippen LogP contribution in [-0.2, 0) is 4.84 Å². The summed E-state index contributed by atoms with van der Waals surface area (Å²) in [7, 11) is 1.60. The molecule has 15 heavy (non-hydrogen) atoms. The first-order valence-corrected chi connectivity index (χ1v) is 5.27. The van der Waals surface area contributed by atoms with E-state index in [1.807, 2.05) is 26.0 Å². The summed E-state index contributed by atoms with van der Waals surface area (Å²) in [5, 5.41) is 0.655. The van der Waals surface area contributed by atoms with E-state index in [2.05, 4.69) is 5.48 Å². The molecular formula is C11H14ClNO2. The minimum absolute atomic E-state index is 0.0264. The van der Waals surface area contributed by atoms with Gasteiger partial charge in [0.15, 0.2) is 0 Å². The highest BCUT2D eigenvalue weighted by Crippen LogP contribution is 2.43. The van der Waals surface area contributed by atoms with Crippen LogP contribution in [0.1, 0.15) is 24.1 Å². The van der Waals surface area contributed by atoms with Gasteiger partial charge in [0.05, 0.1) is 18.2 Å². The fourth-order valence-corrected chi connectivity index (χ4v) is 2.16. The quantitative estimate of drug-likeness (QED) is 0.788. The average molecular weight is 228 g/mol. The molecule has 2 unspecified atom stereocenters. The van der Waals surface area contributed by atoms with Crippen molar-refractivity contribution in [2.24, 2.45) is 0 Å². The summed E-state index contributed by atoms with van der Waals surface area (Å²) in [6.45, 7) is 4.04. The summed E-state index contributed by atoms with van der Waals surface area (Å²) in [5.41, 5.74) is 5.19. The van der Waals surface area contributed by atoms with E-state index in [0.717, 1.165) is 16.9 Å². The van der Waals surface area contributed by atoms with Gasteiger partial charge in [0, 0.05) is 5.56 Å². The molecule has 4 heteroatoms. The molecular weight excluding hydrogens is 214 g/mol. The van der Waals surface area contributed by atoms with Crippen molar-refractivity contribution in [3.63, 3.8) is 0 Å². The summed E-state index contributed by atoms with van der Waals surface area (Å²) < 4.78 is 5.71. The molecule has 1 aromatic carbocycles. The molecule has 0 radical (unpaired) electrons. The van der Waals surface area contributed by atoms with Gasteiger partial charge in [-0.1, -0.05) is 17.7 Å². The summed E-state index contributed by atoms with van der Waals surface area (Å²) in [6, 6.07) is 3.90. The first-order chi connectivity index (χ1) is 7.15. The van der Waals surface area contributed by atoms with Gasteiger partial charge in [0.25, 0.3) is 0 Å². The molecule has 0 saturated carbocycles. The predicted octanol–water partition coefficient (Wildman–Crippen LogP) is 2.62. The summed E-state index contributed by atoms with van der Waals surface area (Å²) in [6.07, 6.45) is 0.0264. The molecule has 0 spiro atoms. The normalized spacial score (nSPS) is 23.7. The van der Waals surface area contributed by atoms with Crippen molar-refractivity contribution in [3.8, 4) is 5.75 Å². The maximum absolute atomic E-state index is 6.08. The maximum atomic E-state index is 6.08. The molecule has 0 amide bonds. The van der Waals surface area contributed by atoms with Gasteiger partial charge >= 0.3 is 0 Å². The highest BCUT2D eigenvalue weighted by atomic mass is 35.5. The fraction of sp³-hybridized carbons (Fsp3) is 0.455. The highest BCUT2D eigenvalue weighted by Gasteiger charge is 2.34. The van der Waals surface area contributed by atoms with Crippen LogP contribution in [0.25, 0.3) is 0 Å². The van der Waals surface area contributed by atoms with Gasteiger partial charge in [0.2, 0.25) is 0 Å². The van der Waals surface area contributed by atoms with Gasteiger partial charge in [0.1, 0.15) is 11.9 Å². The third-order valence-electron chi connectivity index (χ3n) is 2.70. The molecule has 82 valence electrons. The maximum Gasteiger partial charge on any atom is 0.143 e. The third-order valence-corrected chi connectivity index (χ3v) is 2.99. The lowest BCUT2D eigenvalue weighted by Crippen LogP contribution is -2.28. The van der Waals surface area contributed by atoms with E-state index in [9.17, 15) is 0 Å². The van der Waals surface area contributed by atoms with Crippen LogP contribution in [0.5, 0.6) is 5.75 Å². The molecule has 2 rings (SSSR count). The molecule has 0 bridgehead atoms. The summed E-state index contributed by atoms with van der Waals surface area (Å²) in [4.78, 5) is 4.97. The lowest BCUT2D eigenvalue weighted by Gasteiger charge is -2.15. The Morgan fingerprint density at radius 1 is 1.47 bits per heavy atom. The predicted molar refractivity (Wildman–Crippen MR) is 59.2 cm³/mol. The highest BCUT2D eigenvalue weighted by molar-refractivity contribution is 6.32. The standard InChI is InChI=1S/C11H14ClNO2/c1-6-4-5-8(12)11-9(6)10(13-14-3)7(2)15-11/h4-5,7,10,13H,1-3H3. The van der Waals surface area contributed by atoms with Crippen LogP contribution < -0.4 is 10.2 Å². The number of hydrogen-bond acceptors (Lipinski definition) is 3. The average Bonchev–Trinajstić information content (AvgIpc) is 2.53. The minimum Gasteiger partial charge on any atom is -0.487 e. The van der Waals surface area contributed by atoms with Crippen molar-refractivity contribution in [1.82, 2.24) is 5.48 Å². The van der Waals surface area contributed by atoms with Crippen LogP contribution in [0.3, 0.4) is 0 Å². The van der Waals surface area contributed by atoms with Crippen LogP contribution in [-0.4, -0.2) is 13.2 Å². The second kappa shape index (κ2) is 4.00. The molecule has 0 aliphatic carbocycles. The van der Waals surface area contributed by atoms with E-state index in [1.165, 1.54) is 0 Å². The second-order valence-electron chi connectivity index (χ2n) is 3.73. The van der Waals surface area contributed by atoms with Gasteiger partial charge in [-0.3, -0.25) is 0 Å². The Hall–Kier alpha value is -0.770. The number of aryl methyl sites for hydroxylation is 1. The summed E-state index contributed by atoms with van der Waals surface area (Å²) >= 11 is 6.08. The number of fused-ring (bicyclic) bond motifs is 1. The fourth-order valence-electron chi connectivity index (χ4n) is 1.95. The molecule has 1 aliphatic heterocycles. The molecule has 1 N–H and O–H groups in total. The lowest BCUT2D eigenvalue weighted by atomic mass is 10.0. The van der Waals surface area contributed by atoms with Gasteiger partial charge in [-0.05, 0) is 25.5 Å². The van der Waals surface area contributed by atoms with Crippen molar-refractivity contribution in [2.45, 2.75) is 26.0 Å². The second-order valence-corrected chi connectivity index (χ2v) is 4.14. The zero-order valence-corrected chi connectivity index (χ0v) is 9.76. The Morgan fingerprint density at radius 2 is 2.20 bits per heavy atom. The van der Waals surface area contributed by atoms with E-state index < -0.39 is 0 Å². The van der Waals surface area contributed by atoms with E-state index in [4.69, 9.17) is 21.2 Å². The number of hydroxylamine groups is 1.